The maximum absolute atomic E-state index is 12.2. The molecular formula is C18H21NO3. The molecule has 2 aromatic carbocycles. The maximum Gasteiger partial charge on any atom is 0.251 e. The normalized spacial score (nSPS) is 10.2. The molecule has 4 nitrogen and oxygen atoms in total. The summed E-state index contributed by atoms with van der Waals surface area (Å²) in [6, 6.07) is 11.3. The van der Waals surface area contributed by atoms with Crippen molar-refractivity contribution >= 4 is 5.91 Å². The summed E-state index contributed by atoms with van der Waals surface area (Å²) >= 11 is 0. The zero-order valence-corrected chi connectivity index (χ0v) is 13.4. The van der Waals surface area contributed by atoms with E-state index in [1.54, 1.807) is 14.2 Å². The van der Waals surface area contributed by atoms with Gasteiger partial charge in [-0.3, -0.25) is 4.79 Å². The Labute approximate surface area is 131 Å². The number of methoxy groups -OCH3 is 2. The number of amides is 1. The molecular weight excluding hydrogens is 278 g/mol. The van der Waals surface area contributed by atoms with Crippen LogP contribution in [-0.4, -0.2) is 20.1 Å². The molecule has 0 heterocycles. The Kier molecular flexibility index (Phi) is 5.04. The van der Waals surface area contributed by atoms with Crippen molar-refractivity contribution in [1.29, 1.82) is 0 Å². The SMILES string of the molecule is COc1ccc(CNC(=O)c2ccc(C)cc2)c(OC)c1C. The van der Waals surface area contributed by atoms with Crippen LogP contribution >= 0.6 is 0 Å². The highest BCUT2D eigenvalue weighted by Crippen LogP contribution is 2.31. The van der Waals surface area contributed by atoms with Crippen molar-refractivity contribution in [3.8, 4) is 11.5 Å². The van der Waals surface area contributed by atoms with Crippen molar-refractivity contribution in [2.75, 3.05) is 14.2 Å². The van der Waals surface area contributed by atoms with E-state index < -0.39 is 0 Å². The Bertz CT molecular complexity index is 663. The number of carbonyl (C=O) groups is 1. The van der Waals surface area contributed by atoms with Crippen LogP contribution in [0.4, 0.5) is 0 Å². The lowest BCUT2D eigenvalue weighted by atomic mass is 10.1. The maximum atomic E-state index is 12.2. The topological polar surface area (TPSA) is 47.6 Å². The third-order valence-electron chi connectivity index (χ3n) is 3.61. The van der Waals surface area contributed by atoms with Crippen LogP contribution < -0.4 is 14.8 Å². The molecule has 0 aliphatic heterocycles. The van der Waals surface area contributed by atoms with Gasteiger partial charge in [0.2, 0.25) is 0 Å². The second-order valence-corrected chi connectivity index (χ2v) is 5.13. The van der Waals surface area contributed by atoms with Gasteiger partial charge in [0, 0.05) is 23.2 Å². The lowest BCUT2D eigenvalue weighted by Gasteiger charge is -2.15. The number of carbonyl (C=O) groups excluding carboxylic acids is 1. The van der Waals surface area contributed by atoms with E-state index in [1.807, 2.05) is 50.2 Å². The van der Waals surface area contributed by atoms with Crippen LogP contribution in [0.3, 0.4) is 0 Å². The zero-order chi connectivity index (χ0) is 16.1. The second kappa shape index (κ2) is 6.98. The van der Waals surface area contributed by atoms with Gasteiger partial charge < -0.3 is 14.8 Å². The van der Waals surface area contributed by atoms with E-state index in [1.165, 1.54) is 0 Å². The summed E-state index contributed by atoms with van der Waals surface area (Å²) in [7, 11) is 3.24. The Morgan fingerprint density at radius 1 is 1.00 bits per heavy atom. The van der Waals surface area contributed by atoms with Gasteiger partial charge in [-0.15, -0.1) is 0 Å². The smallest absolute Gasteiger partial charge is 0.251 e. The van der Waals surface area contributed by atoms with Crippen molar-refractivity contribution in [2.45, 2.75) is 20.4 Å². The summed E-state index contributed by atoms with van der Waals surface area (Å²) < 4.78 is 10.7. The first-order chi connectivity index (χ1) is 10.6. The first-order valence-electron chi connectivity index (χ1n) is 7.12. The number of benzene rings is 2. The van der Waals surface area contributed by atoms with Crippen molar-refractivity contribution < 1.29 is 14.3 Å². The number of aryl methyl sites for hydroxylation is 1. The molecule has 0 saturated heterocycles. The van der Waals surface area contributed by atoms with Gasteiger partial charge in [-0.25, -0.2) is 0 Å². The second-order valence-electron chi connectivity index (χ2n) is 5.13. The summed E-state index contributed by atoms with van der Waals surface area (Å²) in [5, 5.41) is 2.91. The van der Waals surface area contributed by atoms with E-state index in [9.17, 15) is 4.79 Å². The molecule has 0 fully saturated rings. The fraction of sp³-hybridized carbons (Fsp3) is 0.278. The average Bonchev–Trinajstić information content (AvgIpc) is 2.53. The van der Waals surface area contributed by atoms with E-state index >= 15 is 0 Å². The largest absolute Gasteiger partial charge is 0.496 e. The Morgan fingerprint density at radius 3 is 2.27 bits per heavy atom. The Morgan fingerprint density at radius 2 is 1.68 bits per heavy atom. The van der Waals surface area contributed by atoms with E-state index in [0.29, 0.717) is 12.1 Å². The summed E-state index contributed by atoms with van der Waals surface area (Å²) in [5.41, 5.74) is 3.62. The fourth-order valence-electron chi connectivity index (χ4n) is 2.36. The van der Waals surface area contributed by atoms with Gasteiger partial charge >= 0.3 is 0 Å². The molecule has 0 aliphatic carbocycles. The van der Waals surface area contributed by atoms with Gasteiger partial charge in [0.25, 0.3) is 5.91 Å². The molecule has 0 unspecified atom stereocenters. The highest BCUT2D eigenvalue weighted by atomic mass is 16.5. The molecule has 0 aromatic heterocycles. The van der Waals surface area contributed by atoms with Crippen molar-refractivity contribution in [3.63, 3.8) is 0 Å². The molecule has 116 valence electrons. The monoisotopic (exact) mass is 299 g/mol. The standard InChI is InChI=1S/C18H21NO3/c1-12-5-7-14(8-6-12)18(20)19-11-15-9-10-16(21-3)13(2)17(15)22-4/h5-10H,11H2,1-4H3,(H,19,20). The lowest BCUT2D eigenvalue weighted by molar-refractivity contribution is 0.0950. The summed E-state index contributed by atoms with van der Waals surface area (Å²) in [6.07, 6.45) is 0. The Hall–Kier alpha value is -2.49. The van der Waals surface area contributed by atoms with E-state index in [0.717, 1.165) is 28.2 Å². The highest BCUT2D eigenvalue weighted by Gasteiger charge is 2.12. The molecule has 4 heteroatoms. The fourth-order valence-corrected chi connectivity index (χ4v) is 2.36. The minimum Gasteiger partial charge on any atom is -0.496 e. The predicted molar refractivity (Wildman–Crippen MR) is 86.6 cm³/mol. The van der Waals surface area contributed by atoms with Crippen LogP contribution in [0.1, 0.15) is 27.0 Å². The summed E-state index contributed by atoms with van der Waals surface area (Å²) in [6.45, 7) is 4.33. The summed E-state index contributed by atoms with van der Waals surface area (Å²) in [4.78, 5) is 12.2. The third-order valence-corrected chi connectivity index (χ3v) is 3.61. The first-order valence-corrected chi connectivity index (χ1v) is 7.12. The first kappa shape index (κ1) is 15.9. The molecule has 0 bridgehead atoms. The molecule has 0 spiro atoms. The lowest BCUT2D eigenvalue weighted by Crippen LogP contribution is -2.23. The van der Waals surface area contributed by atoms with Crippen molar-refractivity contribution in [2.24, 2.45) is 0 Å². The molecule has 0 aliphatic rings. The van der Waals surface area contributed by atoms with Gasteiger partial charge in [-0.05, 0) is 38.1 Å². The molecule has 22 heavy (non-hydrogen) atoms. The molecule has 2 aromatic rings. The molecule has 2 rings (SSSR count). The highest BCUT2D eigenvalue weighted by molar-refractivity contribution is 5.94. The van der Waals surface area contributed by atoms with Crippen LogP contribution in [-0.2, 0) is 6.54 Å². The van der Waals surface area contributed by atoms with Gasteiger partial charge in [0.1, 0.15) is 11.5 Å². The third kappa shape index (κ3) is 3.39. The quantitative estimate of drug-likeness (QED) is 0.922. The van der Waals surface area contributed by atoms with Crippen LogP contribution in [0.25, 0.3) is 0 Å². The van der Waals surface area contributed by atoms with Gasteiger partial charge in [0.05, 0.1) is 14.2 Å². The molecule has 0 saturated carbocycles. The van der Waals surface area contributed by atoms with Gasteiger partial charge in [0.15, 0.2) is 0 Å². The minimum absolute atomic E-state index is 0.101. The van der Waals surface area contributed by atoms with Gasteiger partial charge in [-0.1, -0.05) is 17.7 Å². The van der Waals surface area contributed by atoms with Crippen molar-refractivity contribution in [1.82, 2.24) is 5.32 Å². The number of hydrogen-bond donors (Lipinski definition) is 1. The number of ether oxygens (including phenoxy) is 2. The van der Waals surface area contributed by atoms with Gasteiger partial charge in [-0.2, -0.15) is 0 Å². The number of rotatable bonds is 5. The molecule has 0 radical (unpaired) electrons. The minimum atomic E-state index is -0.101. The van der Waals surface area contributed by atoms with Crippen LogP contribution in [0.2, 0.25) is 0 Å². The number of hydrogen-bond acceptors (Lipinski definition) is 3. The van der Waals surface area contributed by atoms with E-state index in [-0.39, 0.29) is 5.91 Å². The molecule has 0 atom stereocenters. The van der Waals surface area contributed by atoms with Crippen LogP contribution in [0.15, 0.2) is 36.4 Å². The van der Waals surface area contributed by atoms with Crippen LogP contribution in [0.5, 0.6) is 11.5 Å². The van der Waals surface area contributed by atoms with Crippen LogP contribution in [0, 0.1) is 13.8 Å². The number of nitrogens with one attached hydrogen (secondary N) is 1. The molecule has 1 amide bonds. The average molecular weight is 299 g/mol. The Balaban J connectivity index is 2.13. The molecule has 1 N–H and O–H groups in total. The predicted octanol–water partition coefficient (Wildman–Crippen LogP) is 3.25. The summed E-state index contributed by atoms with van der Waals surface area (Å²) in [5.74, 6) is 1.41. The van der Waals surface area contributed by atoms with E-state index in [4.69, 9.17) is 9.47 Å². The van der Waals surface area contributed by atoms with Crippen molar-refractivity contribution in [3.05, 3.63) is 58.7 Å². The van der Waals surface area contributed by atoms with E-state index in [2.05, 4.69) is 5.32 Å². The zero-order valence-electron chi connectivity index (χ0n) is 13.4.